The molecule has 1 unspecified atom stereocenters. The molecule has 0 saturated carbocycles. The van der Waals surface area contributed by atoms with E-state index in [1.807, 2.05) is 0 Å². The van der Waals surface area contributed by atoms with Crippen molar-refractivity contribution in [2.45, 2.75) is 12.6 Å². The molecule has 0 heterocycles. The van der Waals surface area contributed by atoms with Crippen LogP contribution in [0.2, 0.25) is 0 Å². The number of alkyl halides is 1. The van der Waals surface area contributed by atoms with Gasteiger partial charge in [0, 0.05) is 19.1 Å². The van der Waals surface area contributed by atoms with Gasteiger partial charge in [-0.1, -0.05) is 0 Å². The van der Waals surface area contributed by atoms with Gasteiger partial charge in [0.25, 0.3) is 0 Å². The molecule has 19 heavy (non-hydrogen) atoms. The van der Waals surface area contributed by atoms with Crippen LogP contribution < -0.4 is 0 Å². The third-order valence-electron chi connectivity index (χ3n) is 2.59. The molecule has 108 valence electrons. The van der Waals surface area contributed by atoms with E-state index in [-0.39, 0.29) is 12.0 Å². The molecular weight excluding hydrogens is 255 g/mol. The van der Waals surface area contributed by atoms with Gasteiger partial charge in [-0.2, -0.15) is 0 Å². The summed E-state index contributed by atoms with van der Waals surface area (Å²) in [4.78, 5) is 10.6. The zero-order chi connectivity index (χ0) is 14.1. The SMILES string of the molecule is COCCOCCOC1=C(OC)C=C(C=O)C(F)C1. The minimum atomic E-state index is -1.35. The van der Waals surface area contributed by atoms with Crippen molar-refractivity contribution in [1.29, 1.82) is 0 Å². The van der Waals surface area contributed by atoms with Gasteiger partial charge in [-0.05, 0) is 6.08 Å². The van der Waals surface area contributed by atoms with Crippen molar-refractivity contribution in [2.75, 3.05) is 40.6 Å². The van der Waals surface area contributed by atoms with E-state index in [1.165, 1.54) is 13.2 Å². The highest BCUT2D eigenvalue weighted by Gasteiger charge is 2.24. The molecule has 0 spiro atoms. The van der Waals surface area contributed by atoms with Gasteiger partial charge in [0.1, 0.15) is 24.8 Å². The van der Waals surface area contributed by atoms with E-state index in [4.69, 9.17) is 18.9 Å². The monoisotopic (exact) mass is 274 g/mol. The van der Waals surface area contributed by atoms with Gasteiger partial charge in [-0.15, -0.1) is 0 Å². The predicted molar refractivity (Wildman–Crippen MR) is 66.3 cm³/mol. The summed E-state index contributed by atoms with van der Waals surface area (Å²) < 4.78 is 34.1. The van der Waals surface area contributed by atoms with Gasteiger partial charge in [-0.25, -0.2) is 4.39 Å². The molecule has 0 fully saturated rings. The molecule has 0 aromatic rings. The summed E-state index contributed by atoms with van der Waals surface area (Å²) >= 11 is 0. The van der Waals surface area contributed by atoms with Crippen LogP contribution in [0, 0.1) is 0 Å². The molecule has 1 aliphatic rings. The first-order valence-electron chi connectivity index (χ1n) is 6.00. The molecule has 0 radical (unpaired) electrons. The Morgan fingerprint density at radius 1 is 1.32 bits per heavy atom. The molecule has 0 aliphatic heterocycles. The van der Waals surface area contributed by atoms with Crippen molar-refractivity contribution in [3.05, 3.63) is 23.2 Å². The Balaban J connectivity index is 2.44. The molecule has 1 rings (SSSR count). The van der Waals surface area contributed by atoms with Gasteiger partial charge < -0.3 is 18.9 Å². The summed E-state index contributed by atoms with van der Waals surface area (Å²) in [6.07, 6.45) is 0.517. The normalized spacial score (nSPS) is 19.1. The second-order valence-electron chi connectivity index (χ2n) is 3.88. The highest BCUT2D eigenvalue weighted by Crippen LogP contribution is 2.26. The van der Waals surface area contributed by atoms with E-state index in [2.05, 4.69) is 0 Å². The number of aldehydes is 1. The Hall–Kier alpha value is -1.40. The molecule has 6 heteroatoms. The number of ether oxygens (including phenoxy) is 4. The van der Waals surface area contributed by atoms with Crippen LogP contribution in [0.4, 0.5) is 4.39 Å². The first-order valence-corrected chi connectivity index (χ1v) is 6.00. The van der Waals surface area contributed by atoms with E-state index in [0.29, 0.717) is 44.2 Å². The molecule has 5 nitrogen and oxygen atoms in total. The van der Waals surface area contributed by atoms with Crippen LogP contribution in [0.1, 0.15) is 6.42 Å². The van der Waals surface area contributed by atoms with Gasteiger partial charge in [0.15, 0.2) is 5.76 Å². The maximum atomic E-state index is 13.6. The molecule has 1 atom stereocenters. The lowest BCUT2D eigenvalue weighted by molar-refractivity contribution is -0.105. The summed E-state index contributed by atoms with van der Waals surface area (Å²) in [5, 5.41) is 0. The van der Waals surface area contributed by atoms with Crippen LogP contribution in [0.3, 0.4) is 0 Å². The van der Waals surface area contributed by atoms with E-state index in [9.17, 15) is 9.18 Å². The van der Waals surface area contributed by atoms with Gasteiger partial charge in [-0.3, -0.25) is 4.79 Å². The van der Waals surface area contributed by atoms with E-state index in [0.717, 1.165) is 0 Å². The summed E-state index contributed by atoms with van der Waals surface area (Å²) in [5.74, 6) is 0.781. The molecule has 0 amide bonds. The average Bonchev–Trinajstić information content (AvgIpc) is 2.43. The van der Waals surface area contributed by atoms with Crippen LogP contribution in [0.5, 0.6) is 0 Å². The number of halogens is 1. The fraction of sp³-hybridized carbons (Fsp3) is 0.615. The smallest absolute Gasteiger partial charge is 0.157 e. The highest BCUT2D eigenvalue weighted by molar-refractivity contribution is 5.76. The average molecular weight is 274 g/mol. The van der Waals surface area contributed by atoms with E-state index >= 15 is 0 Å². The fourth-order valence-corrected chi connectivity index (χ4v) is 1.58. The number of rotatable bonds is 9. The molecule has 1 aliphatic carbocycles. The maximum Gasteiger partial charge on any atom is 0.157 e. The van der Waals surface area contributed by atoms with Crippen LogP contribution in [0.15, 0.2) is 23.2 Å². The lowest BCUT2D eigenvalue weighted by Crippen LogP contribution is -2.17. The number of methoxy groups -OCH3 is 2. The maximum absolute atomic E-state index is 13.6. The van der Waals surface area contributed by atoms with Crippen molar-refractivity contribution >= 4 is 6.29 Å². The van der Waals surface area contributed by atoms with Crippen molar-refractivity contribution in [1.82, 2.24) is 0 Å². The van der Waals surface area contributed by atoms with Gasteiger partial charge in [0.2, 0.25) is 0 Å². The number of hydrogen-bond acceptors (Lipinski definition) is 5. The minimum Gasteiger partial charge on any atom is -0.493 e. The zero-order valence-electron chi connectivity index (χ0n) is 11.2. The van der Waals surface area contributed by atoms with Crippen LogP contribution in [-0.4, -0.2) is 53.1 Å². The predicted octanol–water partition coefficient (Wildman–Crippen LogP) is 1.39. The summed E-state index contributed by atoms with van der Waals surface area (Å²) in [6, 6.07) is 0. The molecule has 0 saturated heterocycles. The Kier molecular flexibility index (Phi) is 7.14. The quantitative estimate of drug-likeness (QED) is 0.470. The van der Waals surface area contributed by atoms with Gasteiger partial charge in [0.05, 0.1) is 26.9 Å². The second kappa shape index (κ2) is 8.66. The summed E-state index contributed by atoms with van der Waals surface area (Å²) in [5.41, 5.74) is 0.0699. The molecular formula is C13H19FO5. The van der Waals surface area contributed by atoms with E-state index < -0.39 is 6.17 Å². The van der Waals surface area contributed by atoms with E-state index in [1.54, 1.807) is 7.11 Å². The lowest BCUT2D eigenvalue weighted by Gasteiger charge is -2.20. The first-order chi connectivity index (χ1) is 9.22. The Morgan fingerprint density at radius 3 is 2.68 bits per heavy atom. The minimum absolute atomic E-state index is 0.00577. The zero-order valence-corrected chi connectivity index (χ0v) is 11.2. The molecule has 0 aromatic carbocycles. The number of allylic oxidation sites excluding steroid dienone is 3. The second-order valence-corrected chi connectivity index (χ2v) is 3.88. The molecule has 0 N–H and O–H groups in total. The third-order valence-corrected chi connectivity index (χ3v) is 2.59. The molecule has 0 aromatic heterocycles. The number of carbonyl (C=O) groups excluding carboxylic acids is 1. The van der Waals surface area contributed by atoms with Crippen molar-refractivity contribution in [3.63, 3.8) is 0 Å². The standard InChI is InChI=1S/C13H19FO5/c1-16-3-4-18-5-6-19-13-8-11(14)10(9-15)7-12(13)17-2/h7,9,11H,3-6,8H2,1-2H3. The Labute approximate surface area is 112 Å². The van der Waals surface area contributed by atoms with Crippen molar-refractivity contribution < 1.29 is 28.1 Å². The summed E-state index contributed by atoms with van der Waals surface area (Å²) in [7, 11) is 3.04. The van der Waals surface area contributed by atoms with Crippen LogP contribution in [-0.2, 0) is 23.7 Å². The largest absolute Gasteiger partial charge is 0.493 e. The Morgan fingerprint density at radius 2 is 2.05 bits per heavy atom. The molecule has 0 bridgehead atoms. The topological polar surface area (TPSA) is 54.0 Å². The summed E-state index contributed by atoms with van der Waals surface area (Å²) in [6.45, 7) is 1.68. The van der Waals surface area contributed by atoms with Gasteiger partial charge >= 0.3 is 0 Å². The fourth-order valence-electron chi connectivity index (χ4n) is 1.58. The third kappa shape index (κ3) is 5.00. The van der Waals surface area contributed by atoms with Crippen LogP contribution >= 0.6 is 0 Å². The Bertz CT molecular complexity index is 351. The van der Waals surface area contributed by atoms with Crippen LogP contribution in [0.25, 0.3) is 0 Å². The number of carbonyl (C=O) groups is 1. The lowest BCUT2D eigenvalue weighted by atomic mass is 10.0. The van der Waals surface area contributed by atoms with Crippen molar-refractivity contribution in [3.8, 4) is 0 Å². The number of hydrogen-bond donors (Lipinski definition) is 0. The van der Waals surface area contributed by atoms with Crippen molar-refractivity contribution in [2.24, 2.45) is 0 Å². The first kappa shape index (κ1) is 15.7. The highest BCUT2D eigenvalue weighted by atomic mass is 19.1.